The molecule has 3 N–H and O–H groups in total. The maximum Gasteiger partial charge on any atom is 0.248 e. The number of carbonyl (C=O) groups excluding carboxylic acids is 1. The van der Waals surface area contributed by atoms with Crippen LogP contribution in [0.1, 0.15) is 18.5 Å². The topological polar surface area (TPSA) is 151 Å². The standard InChI is InChI=1S/C12H13N9OS/c1-7(21-11(15)18-19-12(21)23-4-3-13)10(22)17-9-8(5-14)6-16-20(9)2/h6-7H,4H2,1-2H3,(H2,15,18)(H,17,22). The van der Waals surface area contributed by atoms with Gasteiger partial charge >= 0.3 is 0 Å². The minimum Gasteiger partial charge on any atom is -0.368 e. The second-order valence-corrected chi connectivity index (χ2v) is 5.41. The minimum atomic E-state index is -0.729. The molecule has 2 aromatic rings. The van der Waals surface area contributed by atoms with Crippen molar-refractivity contribution in [3.8, 4) is 12.1 Å². The third-order valence-electron chi connectivity index (χ3n) is 3.02. The van der Waals surface area contributed by atoms with Crippen LogP contribution in [0.3, 0.4) is 0 Å². The molecule has 0 saturated heterocycles. The lowest BCUT2D eigenvalue weighted by atomic mass is 10.3. The van der Waals surface area contributed by atoms with E-state index in [0.717, 1.165) is 11.8 Å². The van der Waals surface area contributed by atoms with Gasteiger partial charge in [0, 0.05) is 7.05 Å². The number of nitrogen functional groups attached to an aromatic ring is 1. The summed E-state index contributed by atoms with van der Waals surface area (Å²) in [5.41, 5.74) is 6.01. The smallest absolute Gasteiger partial charge is 0.248 e. The van der Waals surface area contributed by atoms with Gasteiger partial charge in [0.1, 0.15) is 23.5 Å². The van der Waals surface area contributed by atoms with E-state index in [1.54, 1.807) is 14.0 Å². The Morgan fingerprint density at radius 3 is 2.91 bits per heavy atom. The Bertz CT molecular complexity index is 810. The van der Waals surface area contributed by atoms with Crippen molar-refractivity contribution >= 4 is 29.4 Å². The number of nitrogens with one attached hydrogen (secondary N) is 1. The Kier molecular flexibility index (Phi) is 4.83. The van der Waals surface area contributed by atoms with Crippen molar-refractivity contribution in [2.24, 2.45) is 7.05 Å². The average Bonchev–Trinajstić information content (AvgIpc) is 3.08. The Labute approximate surface area is 135 Å². The van der Waals surface area contributed by atoms with Crippen LogP contribution in [0, 0.1) is 22.7 Å². The molecule has 10 nitrogen and oxygen atoms in total. The maximum atomic E-state index is 12.4. The maximum absolute atomic E-state index is 12.4. The Morgan fingerprint density at radius 1 is 1.52 bits per heavy atom. The number of hydrogen-bond donors (Lipinski definition) is 2. The second kappa shape index (κ2) is 6.81. The van der Waals surface area contributed by atoms with Gasteiger partial charge in [-0.2, -0.15) is 15.6 Å². The normalized spacial score (nSPS) is 11.5. The van der Waals surface area contributed by atoms with E-state index >= 15 is 0 Å². The van der Waals surface area contributed by atoms with E-state index < -0.39 is 11.9 Å². The number of anilines is 2. The lowest BCUT2D eigenvalue weighted by Gasteiger charge is -2.16. The lowest BCUT2D eigenvalue weighted by Crippen LogP contribution is -2.26. The summed E-state index contributed by atoms with van der Waals surface area (Å²) >= 11 is 1.13. The number of thioether (sulfide) groups is 1. The van der Waals surface area contributed by atoms with E-state index in [-0.39, 0.29) is 17.3 Å². The molecular formula is C12H13N9OS. The molecule has 2 heterocycles. The number of nitrogens with zero attached hydrogens (tertiary/aromatic N) is 7. The molecule has 1 unspecified atom stereocenters. The first kappa shape index (κ1) is 16.3. The van der Waals surface area contributed by atoms with Gasteiger partial charge in [0.2, 0.25) is 11.9 Å². The SMILES string of the molecule is CC(C(=O)Nc1c(C#N)cnn1C)n1c(N)nnc1SCC#N. The molecule has 0 radical (unpaired) electrons. The van der Waals surface area contributed by atoms with Crippen molar-refractivity contribution in [2.75, 3.05) is 16.8 Å². The van der Waals surface area contributed by atoms with Crippen LogP contribution in [0.4, 0.5) is 11.8 Å². The molecule has 1 atom stereocenters. The first-order valence-corrected chi connectivity index (χ1v) is 7.41. The second-order valence-electron chi connectivity index (χ2n) is 4.47. The van der Waals surface area contributed by atoms with Crippen molar-refractivity contribution in [1.82, 2.24) is 24.5 Å². The van der Waals surface area contributed by atoms with Gasteiger partial charge < -0.3 is 11.1 Å². The predicted octanol–water partition coefficient (Wildman–Crippen LogP) is 0.281. The van der Waals surface area contributed by atoms with Crippen LogP contribution < -0.4 is 11.1 Å². The molecule has 0 aromatic carbocycles. The summed E-state index contributed by atoms with van der Waals surface area (Å²) in [6.07, 6.45) is 1.36. The van der Waals surface area contributed by atoms with Crippen LogP contribution in [0.15, 0.2) is 11.4 Å². The first-order valence-electron chi connectivity index (χ1n) is 6.42. The number of rotatable bonds is 5. The summed E-state index contributed by atoms with van der Waals surface area (Å²) in [6, 6.07) is 3.20. The van der Waals surface area contributed by atoms with Crippen molar-refractivity contribution < 1.29 is 4.79 Å². The van der Waals surface area contributed by atoms with Crippen LogP contribution in [0.2, 0.25) is 0 Å². The van der Waals surface area contributed by atoms with Crippen LogP contribution in [0.25, 0.3) is 0 Å². The molecule has 2 aromatic heterocycles. The monoisotopic (exact) mass is 331 g/mol. The van der Waals surface area contributed by atoms with Gasteiger partial charge in [0.05, 0.1) is 18.0 Å². The highest BCUT2D eigenvalue weighted by molar-refractivity contribution is 7.99. The Balaban J connectivity index is 2.24. The molecule has 2 rings (SSSR count). The number of aromatic nitrogens is 5. The van der Waals surface area contributed by atoms with Gasteiger partial charge in [-0.15, -0.1) is 10.2 Å². The van der Waals surface area contributed by atoms with Crippen molar-refractivity contribution in [1.29, 1.82) is 10.5 Å². The molecule has 0 aliphatic rings. The van der Waals surface area contributed by atoms with Gasteiger partial charge in [0.15, 0.2) is 5.16 Å². The summed E-state index contributed by atoms with van der Waals surface area (Å²) in [5.74, 6) is 0.114. The number of nitriles is 2. The quantitative estimate of drug-likeness (QED) is 0.741. The van der Waals surface area contributed by atoms with Gasteiger partial charge in [-0.05, 0) is 6.92 Å². The summed E-state index contributed by atoms with van der Waals surface area (Å²) in [6.45, 7) is 1.62. The molecule has 0 fully saturated rings. The van der Waals surface area contributed by atoms with Crippen molar-refractivity contribution in [3.63, 3.8) is 0 Å². The van der Waals surface area contributed by atoms with E-state index in [2.05, 4.69) is 20.6 Å². The van der Waals surface area contributed by atoms with Crippen LogP contribution >= 0.6 is 11.8 Å². The molecule has 0 bridgehead atoms. The number of nitrogens with two attached hydrogens (primary N) is 1. The highest BCUT2D eigenvalue weighted by Crippen LogP contribution is 2.24. The molecule has 0 spiro atoms. The van der Waals surface area contributed by atoms with Crippen molar-refractivity contribution in [2.45, 2.75) is 18.1 Å². The van der Waals surface area contributed by atoms with Crippen LogP contribution in [-0.2, 0) is 11.8 Å². The highest BCUT2D eigenvalue weighted by atomic mass is 32.2. The van der Waals surface area contributed by atoms with E-state index in [9.17, 15) is 4.79 Å². The van der Waals surface area contributed by atoms with Crippen LogP contribution in [0.5, 0.6) is 0 Å². The molecule has 0 saturated carbocycles. The molecule has 11 heteroatoms. The summed E-state index contributed by atoms with van der Waals surface area (Å²) in [4.78, 5) is 12.4. The fraction of sp³-hybridized carbons (Fsp3) is 0.333. The van der Waals surface area contributed by atoms with E-state index in [1.807, 2.05) is 12.1 Å². The summed E-state index contributed by atoms with van der Waals surface area (Å²) in [7, 11) is 1.61. The Hall–Kier alpha value is -3.05. The molecule has 118 valence electrons. The molecular weight excluding hydrogens is 318 g/mol. The lowest BCUT2D eigenvalue weighted by molar-refractivity contribution is -0.119. The fourth-order valence-corrected chi connectivity index (χ4v) is 2.54. The van der Waals surface area contributed by atoms with E-state index in [0.29, 0.717) is 11.0 Å². The molecule has 0 aliphatic heterocycles. The number of hydrogen-bond acceptors (Lipinski definition) is 8. The number of aryl methyl sites for hydroxylation is 1. The largest absolute Gasteiger partial charge is 0.368 e. The first-order chi connectivity index (χ1) is 11.0. The zero-order chi connectivity index (χ0) is 17.0. The van der Waals surface area contributed by atoms with E-state index in [1.165, 1.54) is 15.4 Å². The fourth-order valence-electron chi connectivity index (χ4n) is 1.85. The van der Waals surface area contributed by atoms with Gasteiger partial charge in [0.25, 0.3) is 0 Å². The zero-order valence-corrected chi connectivity index (χ0v) is 13.2. The van der Waals surface area contributed by atoms with Gasteiger partial charge in [-0.25, -0.2) is 0 Å². The van der Waals surface area contributed by atoms with Gasteiger partial charge in [-0.3, -0.25) is 14.0 Å². The highest BCUT2D eigenvalue weighted by Gasteiger charge is 2.23. The summed E-state index contributed by atoms with van der Waals surface area (Å²) < 4.78 is 2.82. The average molecular weight is 331 g/mol. The zero-order valence-electron chi connectivity index (χ0n) is 12.4. The van der Waals surface area contributed by atoms with Crippen LogP contribution in [-0.4, -0.2) is 36.2 Å². The summed E-state index contributed by atoms with van der Waals surface area (Å²) in [5, 5.41) is 32.2. The number of carbonyl (C=O) groups is 1. The van der Waals surface area contributed by atoms with Crippen molar-refractivity contribution in [3.05, 3.63) is 11.8 Å². The molecule has 0 aliphatic carbocycles. The molecule has 1 amide bonds. The molecule has 23 heavy (non-hydrogen) atoms. The predicted molar refractivity (Wildman–Crippen MR) is 82.0 cm³/mol. The minimum absolute atomic E-state index is 0.0682. The number of amides is 1. The third kappa shape index (κ3) is 3.25. The van der Waals surface area contributed by atoms with E-state index in [4.69, 9.17) is 16.3 Å². The third-order valence-corrected chi connectivity index (χ3v) is 3.83. The Morgan fingerprint density at radius 2 is 2.26 bits per heavy atom. The van der Waals surface area contributed by atoms with Gasteiger partial charge in [-0.1, -0.05) is 11.8 Å².